The van der Waals surface area contributed by atoms with E-state index in [1.54, 1.807) is 7.11 Å². The molecule has 0 radical (unpaired) electrons. The van der Waals surface area contributed by atoms with Crippen molar-refractivity contribution < 1.29 is 14.3 Å². The standard InChI is InChI=1S/C21H23N3O3S/c1-5-17(27-18-8-6-7-13(2)14(18)3)19(25)22-21-24-23-20(28-21)15-9-11-16(26-4)12-10-15/h6-12,17H,5H2,1-4H3,(H,22,24,25)/t17-/m0/s1. The van der Waals surface area contributed by atoms with Gasteiger partial charge in [0.25, 0.3) is 5.91 Å². The van der Waals surface area contributed by atoms with E-state index in [0.29, 0.717) is 11.6 Å². The highest BCUT2D eigenvalue weighted by molar-refractivity contribution is 7.18. The largest absolute Gasteiger partial charge is 0.497 e. The predicted molar refractivity (Wildman–Crippen MR) is 111 cm³/mol. The highest BCUT2D eigenvalue weighted by Gasteiger charge is 2.21. The Morgan fingerprint density at radius 3 is 2.57 bits per heavy atom. The molecule has 1 N–H and O–H groups in total. The van der Waals surface area contributed by atoms with Crippen molar-refractivity contribution in [2.24, 2.45) is 0 Å². The van der Waals surface area contributed by atoms with Crippen LogP contribution in [0.15, 0.2) is 42.5 Å². The Morgan fingerprint density at radius 1 is 1.14 bits per heavy atom. The van der Waals surface area contributed by atoms with Gasteiger partial charge in [-0.15, -0.1) is 10.2 Å². The minimum Gasteiger partial charge on any atom is -0.497 e. The number of methoxy groups -OCH3 is 1. The molecule has 0 bridgehead atoms. The number of benzene rings is 2. The molecule has 0 aliphatic carbocycles. The van der Waals surface area contributed by atoms with Gasteiger partial charge in [0.15, 0.2) is 6.10 Å². The zero-order valence-electron chi connectivity index (χ0n) is 16.4. The lowest BCUT2D eigenvalue weighted by molar-refractivity contribution is -0.122. The molecule has 28 heavy (non-hydrogen) atoms. The van der Waals surface area contributed by atoms with Crippen LogP contribution >= 0.6 is 11.3 Å². The normalized spacial score (nSPS) is 11.7. The highest BCUT2D eigenvalue weighted by atomic mass is 32.1. The second-order valence-electron chi connectivity index (χ2n) is 6.34. The van der Waals surface area contributed by atoms with Crippen molar-refractivity contribution in [2.75, 3.05) is 12.4 Å². The van der Waals surface area contributed by atoms with Gasteiger partial charge in [-0.25, -0.2) is 0 Å². The fraction of sp³-hybridized carbons (Fsp3) is 0.286. The summed E-state index contributed by atoms with van der Waals surface area (Å²) in [4.78, 5) is 12.7. The molecule has 7 heteroatoms. The van der Waals surface area contributed by atoms with Crippen LogP contribution in [0.2, 0.25) is 0 Å². The third-order valence-corrected chi connectivity index (χ3v) is 5.37. The van der Waals surface area contributed by atoms with Gasteiger partial charge in [0.2, 0.25) is 5.13 Å². The molecule has 1 atom stereocenters. The van der Waals surface area contributed by atoms with E-state index >= 15 is 0 Å². The molecule has 6 nitrogen and oxygen atoms in total. The zero-order valence-corrected chi connectivity index (χ0v) is 17.2. The molecule has 0 spiro atoms. The van der Waals surface area contributed by atoms with E-state index in [-0.39, 0.29) is 5.91 Å². The maximum absolute atomic E-state index is 12.7. The van der Waals surface area contributed by atoms with Crippen molar-refractivity contribution in [3.63, 3.8) is 0 Å². The van der Waals surface area contributed by atoms with Gasteiger partial charge in [0.1, 0.15) is 16.5 Å². The van der Waals surface area contributed by atoms with Gasteiger partial charge in [-0.1, -0.05) is 30.4 Å². The van der Waals surface area contributed by atoms with Gasteiger partial charge >= 0.3 is 0 Å². The summed E-state index contributed by atoms with van der Waals surface area (Å²) in [6, 6.07) is 13.4. The number of amides is 1. The van der Waals surface area contributed by atoms with Crippen molar-refractivity contribution in [1.29, 1.82) is 0 Å². The van der Waals surface area contributed by atoms with Gasteiger partial charge in [0.05, 0.1) is 7.11 Å². The summed E-state index contributed by atoms with van der Waals surface area (Å²) in [6.45, 7) is 5.92. The maximum atomic E-state index is 12.7. The van der Waals surface area contributed by atoms with E-state index in [0.717, 1.165) is 33.2 Å². The van der Waals surface area contributed by atoms with E-state index in [1.807, 2.05) is 63.2 Å². The molecule has 0 unspecified atom stereocenters. The zero-order chi connectivity index (χ0) is 20.1. The van der Waals surface area contributed by atoms with Crippen molar-refractivity contribution in [3.05, 3.63) is 53.6 Å². The van der Waals surface area contributed by atoms with E-state index in [4.69, 9.17) is 9.47 Å². The number of nitrogens with one attached hydrogen (secondary N) is 1. The minimum atomic E-state index is -0.603. The molecule has 1 amide bonds. The smallest absolute Gasteiger partial charge is 0.267 e. The first-order chi connectivity index (χ1) is 13.5. The second-order valence-corrected chi connectivity index (χ2v) is 7.32. The Hall–Kier alpha value is -2.93. The summed E-state index contributed by atoms with van der Waals surface area (Å²) in [5.74, 6) is 1.26. The number of aromatic nitrogens is 2. The Balaban J connectivity index is 1.69. The van der Waals surface area contributed by atoms with Crippen LogP contribution in [0.1, 0.15) is 24.5 Å². The number of carbonyl (C=O) groups excluding carboxylic acids is 1. The lowest BCUT2D eigenvalue weighted by Gasteiger charge is -2.18. The summed E-state index contributed by atoms with van der Waals surface area (Å²) in [5.41, 5.74) is 3.07. The van der Waals surface area contributed by atoms with E-state index < -0.39 is 6.10 Å². The molecular formula is C21H23N3O3S. The van der Waals surface area contributed by atoms with Crippen LogP contribution in [0, 0.1) is 13.8 Å². The fourth-order valence-electron chi connectivity index (χ4n) is 2.64. The summed E-state index contributed by atoms with van der Waals surface area (Å²) in [5, 5.41) is 12.2. The molecule has 0 fully saturated rings. The first-order valence-electron chi connectivity index (χ1n) is 9.03. The lowest BCUT2D eigenvalue weighted by atomic mass is 10.1. The number of nitrogens with zero attached hydrogens (tertiary/aromatic N) is 2. The predicted octanol–water partition coefficient (Wildman–Crippen LogP) is 4.63. The summed E-state index contributed by atoms with van der Waals surface area (Å²) >= 11 is 1.32. The molecular weight excluding hydrogens is 374 g/mol. The van der Waals surface area contributed by atoms with Crippen molar-refractivity contribution >= 4 is 22.4 Å². The molecule has 0 aliphatic heterocycles. The first kappa shape index (κ1) is 19.8. The molecule has 2 aromatic carbocycles. The molecule has 1 aromatic heterocycles. The topological polar surface area (TPSA) is 73.3 Å². The quantitative estimate of drug-likeness (QED) is 0.629. The van der Waals surface area contributed by atoms with Crippen LogP contribution < -0.4 is 14.8 Å². The summed E-state index contributed by atoms with van der Waals surface area (Å²) in [7, 11) is 1.62. The van der Waals surface area contributed by atoms with Gasteiger partial charge in [-0.05, 0) is 61.7 Å². The highest BCUT2D eigenvalue weighted by Crippen LogP contribution is 2.28. The van der Waals surface area contributed by atoms with Crippen LogP contribution in [0.5, 0.6) is 11.5 Å². The molecule has 0 saturated carbocycles. The van der Waals surface area contributed by atoms with E-state index in [9.17, 15) is 4.79 Å². The first-order valence-corrected chi connectivity index (χ1v) is 9.85. The number of hydrogen-bond donors (Lipinski definition) is 1. The van der Waals surface area contributed by atoms with Crippen molar-refractivity contribution in [3.8, 4) is 22.1 Å². The van der Waals surface area contributed by atoms with E-state index in [2.05, 4.69) is 15.5 Å². The van der Waals surface area contributed by atoms with Gasteiger partial charge in [0, 0.05) is 5.56 Å². The van der Waals surface area contributed by atoms with Crippen molar-refractivity contribution in [1.82, 2.24) is 10.2 Å². The Bertz CT molecular complexity index is 954. The van der Waals surface area contributed by atoms with Crippen LogP contribution in [-0.4, -0.2) is 29.3 Å². The third kappa shape index (κ3) is 4.48. The van der Waals surface area contributed by atoms with Crippen LogP contribution in [0.4, 0.5) is 5.13 Å². The average Bonchev–Trinajstić information content (AvgIpc) is 3.17. The lowest BCUT2D eigenvalue weighted by Crippen LogP contribution is -2.32. The van der Waals surface area contributed by atoms with Gasteiger partial charge in [-0.3, -0.25) is 10.1 Å². The molecule has 3 rings (SSSR count). The SMILES string of the molecule is CC[C@H](Oc1cccc(C)c1C)C(=O)Nc1nnc(-c2ccc(OC)cc2)s1. The molecule has 0 saturated heterocycles. The number of hydrogen-bond acceptors (Lipinski definition) is 6. The van der Waals surface area contributed by atoms with Gasteiger partial charge in [-0.2, -0.15) is 0 Å². The number of carbonyl (C=O) groups is 1. The summed E-state index contributed by atoms with van der Waals surface area (Å²) in [6.07, 6.45) is -0.0579. The third-order valence-electron chi connectivity index (χ3n) is 4.48. The number of anilines is 1. The van der Waals surface area contributed by atoms with Crippen molar-refractivity contribution in [2.45, 2.75) is 33.3 Å². The Labute approximate surface area is 168 Å². The fourth-order valence-corrected chi connectivity index (χ4v) is 3.39. The Kier molecular flexibility index (Phi) is 6.26. The molecule has 146 valence electrons. The average molecular weight is 398 g/mol. The number of rotatable bonds is 7. The van der Waals surface area contributed by atoms with Crippen LogP contribution in [-0.2, 0) is 4.79 Å². The van der Waals surface area contributed by atoms with E-state index in [1.165, 1.54) is 11.3 Å². The monoisotopic (exact) mass is 397 g/mol. The molecule has 1 heterocycles. The minimum absolute atomic E-state index is 0.235. The summed E-state index contributed by atoms with van der Waals surface area (Å²) < 4.78 is 11.1. The number of aryl methyl sites for hydroxylation is 1. The van der Waals surface area contributed by atoms with Crippen LogP contribution in [0.3, 0.4) is 0 Å². The number of ether oxygens (including phenoxy) is 2. The molecule has 0 aliphatic rings. The Morgan fingerprint density at radius 2 is 1.89 bits per heavy atom. The second kappa shape index (κ2) is 8.84. The van der Waals surface area contributed by atoms with Crippen LogP contribution in [0.25, 0.3) is 10.6 Å². The van der Waals surface area contributed by atoms with Gasteiger partial charge < -0.3 is 9.47 Å². The molecule has 3 aromatic rings. The maximum Gasteiger partial charge on any atom is 0.267 e.